The monoisotopic (exact) mass is 383 g/mol. The molecule has 0 spiro atoms. The first-order valence-corrected chi connectivity index (χ1v) is 6.76. The molecule has 0 fully saturated rings. The van der Waals surface area contributed by atoms with Gasteiger partial charge in [-0.2, -0.15) is 0 Å². The van der Waals surface area contributed by atoms with Crippen molar-refractivity contribution in [2.45, 2.75) is 12.5 Å². The quantitative estimate of drug-likeness (QED) is 0.580. The van der Waals surface area contributed by atoms with Crippen LogP contribution in [0, 0.1) is 0 Å². The second-order valence-corrected chi connectivity index (χ2v) is 6.79. The molecular weight excluding hydrogens is 378 g/mol. The van der Waals surface area contributed by atoms with E-state index in [1.807, 2.05) is 0 Å². The van der Waals surface area contributed by atoms with Gasteiger partial charge in [-0.3, -0.25) is 9.59 Å². The van der Waals surface area contributed by atoms with Gasteiger partial charge in [-0.15, -0.1) is 11.3 Å². The lowest BCUT2D eigenvalue weighted by Crippen LogP contribution is -2.37. The summed E-state index contributed by atoms with van der Waals surface area (Å²) in [6, 6.07) is 0.405. The zero-order chi connectivity index (χ0) is 13.0. The van der Waals surface area contributed by atoms with Gasteiger partial charge >= 0.3 is 5.97 Å². The largest absolute Gasteiger partial charge is 0.480 e. The molecule has 1 heterocycles. The third-order valence-electron chi connectivity index (χ3n) is 1.91. The number of carboxylic acids is 1. The van der Waals surface area contributed by atoms with Crippen LogP contribution in [-0.2, 0) is 9.59 Å². The molecule has 1 rings (SSSR count). The number of rotatable bonds is 6. The third kappa shape index (κ3) is 3.90. The van der Waals surface area contributed by atoms with Crippen LogP contribution < -0.4 is 5.32 Å². The van der Waals surface area contributed by atoms with Gasteiger partial charge in [-0.1, -0.05) is 0 Å². The van der Waals surface area contributed by atoms with Gasteiger partial charge in [0.1, 0.15) is 6.04 Å². The van der Waals surface area contributed by atoms with Crippen molar-refractivity contribution in [3.05, 3.63) is 19.2 Å². The highest BCUT2D eigenvalue weighted by Gasteiger charge is 2.23. The van der Waals surface area contributed by atoms with Crippen LogP contribution in [0.5, 0.6) is 0 Å². The highest BCUT2D eigenvalue weighted by atomic mass is 79.9. The number of Topliss-reactive ketones (excluding diaryl/α,β-unsaturated/α-hetero) is 1. The number of amides is 1. The van der Waals surface area contributed by atoms with Crippen LogP contribution in [0.15, 0.2) is 13.6 Å². The summed E-state index contributed by atoms with van der Waals surface area (Å²) in [6.45, 7) is 0. The van der Waals surface area contributed by atoms with Gasteiger partial charge in [0.05, 0.1) is 7.57 Å². The second kappa shape index (κ2) is 6.27. The van der Waals surface area contributed by atoms with Crippen molar-refractivity contribution >= 4 is 61.4 Å². The molecule has 0 bridgehead atoms. The Morgan fingerprint density at radius 3 is 2.59 bits per heavy atom. The Kier molecular flexibility index (Phi) is 5.29. The molecule has 2 N–H and O–H groups in total. The molecule has 17 heavy (non-hydrogen) atoms. The molecule has 1 aromatic heterocycles. The molecule has 1 aromatic rings. The molecule has 1 unspecified atom stereocenters. The smallest absolute Gasteiger partial charge is 0.326 e. The number of ketones is 1. The van der Waals surface area contributed by atoms with E-state index in [-0.39, 0.29) is 18.6 Å². The van der Waals surface area contributed by atoms with E-state index in [0.717, 1.165) is 3.79 Å². The maximum atomic E-state index is 11.8. The number of thiophene rings is 1. The van der Waals surface area contributed by atoms with Gasteiger partial charge in [-0.25, -0.2) is 4.79 Å². The van der Waals surface area contributed by atoms with E-state index in [1.54, 1.807) is 6.07 Å². The van der Waals surface area contributed by atoms with Crippen LogP contribution in [0.2, 0.25) is 0 Å². The van der Waals surface area contributed by atoms with E-state index in [0.29, 0.717) is 9.35 Å². The van der Waals surface area contributed by atoms with Gasteiger partial charge in [0.25, 0.3) is 0 Å². The summed E-state index contributed by atoms with van der Waals surface area (Å²) in [4.78, 5) is 32.8. The number of nitrogens with one attached hydrogen (secondary N) is 1. The average Bonchev–Trinajstić information content (AvgIpc) is 2.57. The summed E-state index contributed by atoms with van der Waals surface area (Å²) >= 11 is 7.76. The van der Waals surface area contributed by atoms with Crippen LogP contribution in [0.4, 0.5) is 0 Å². The SMILES string of the molecule is O=CNC(CC(=O)c1cc(Br)sc1Br)C(=O)O. The maximum Gasteiger partial charge on any atom is 0.326 e. The minimum Gasteiger partial charge on any atom is -0.480 e. The topological polar surface area (TPSA) is 83.5 Å². The molecular formula is C9H7Br2NO4S. The fourth-order valence-corrected chi connectivity index (χ4v) is 3.98. The highest BCUT2D eigenvalue weighted by molar-refractivity contribution is 9.12. The predicted octanol–water partition coefficient (Wildman–Crippen LogP) is 2.05. The van der Waals surface area contributed by atoms with E-state index >= 15 is 0 Å². The lowest BCUT2D eigenvalue weighted by atomic mass is 10.1. The Morgan fingerprint density at radius 1 is 1.53 bits per heavy atom. The number of hydrogen-bond donors (Lipinski definition) is 2. The Bertz CT molecular complexity index is 460. The van der Waals surface area contributed by atoms with Gasteiger partial charge in [0, 0.05) is 12.0 Å². The number of halogens is 2. The molecule has 5 nitrogen and oxygen atoms in total. The summed E-state index contributed by atoms with van der Waals surface area (Å²) in [5.74, 6) is -1.59. The molecule has 1 amide bonds. The van der Waals surface area contributed by atoms with E-state index in [1.165, 1.54) is 11.3 Å². The fraction of sp³-hybridized carbons (Fsp3) is 0.222. The number of carbonyl (C=O) groups excluding carboxylic acids is 2. The first-order valence-electron chi connectivity index (χ1n) is 4.36. The summed E-state index contributed by atoms with van der Waals surface area (Å²) in [5, 5.41) is 10.9. The summed E-state index contributed by atoms with van der Waals surface area (Å²) < 4.78 is 1.40. The van der Waals surface area contributed by atoms with Crippen LogP contribution in [0.3, 0.4) is 0 Å². The summed E-state index contributed by atoms with van der Waals surface area (Å²) in [7, 11) is 0. The lowest BCUT2D eigenvalue weighted by Gasteiger charge is -2.09. The minimum atomic E-state index is -1.24. The van der Waals surface area contributed by atoms with E-state index in [2.05, 4.69) is 37.2 Å². The normalized spacial score (nSPS) is 11.9. The number of aliphatic carboxylic acids is 1. The highest BCUT2D eigenvalue weighted by Crippen LogP contribution is 2.32. The summed E-state index contributed by atoms with van der Waals surface area (Å²) in [5.41, 5.74) is 0.404. The molecule has 0 saturated heterocycles. The van der Waals surface area contributed by atoms with Crippen molar-refractivity contribution in [3.8, 4) is 0 Å². The lowest BCUT2D eigenvalue weighted by molar-refractivity contribution is -0.140. The van der Waals surface area contributed by atoms with Crippen molar-refractivity contribution in [1.82, 2.24) is 5.32 Å². The van der Waals surface area contributed by atoms with Crippen molar-refractivity contribution in [2.75, 3.05) is 0 Å². The second-order valence-electron chi connectivity index (χ2n) is 3.04. The van der Waals surface area contributed by atoms with E-state index in [4.69, 9.17) is 5.11 Å². The first kappa shape index (κ1) is 14.3. The number of carboxylic acid groups (broad SMARTS) is 1. The van der Waals surface area contributed by atoms with Crippen molar-refractivity contribution in [2.24, 2.45) is 0 Å². The molecule has 0 saturated carbocycles. The molecule has 0 aliphatic rings. The Morgan fingerprint density at radius 2 is 2.18 bits per heavy atom. The molecule has 92 valence electrons. The zero-order valence-electron chi connectivity index (χ0n) is 8.28. The maximum absolute atomic E-state index is 11.8. The van der Waals surface area contributed by atoms with Crippen molar-refractivity contribution < 1.29 is 19.5 Å². The summed E-state index contributed by atoms with van der Waals surface area (Å²) in [6.07, 6.45) is -0.0134. The van der Waals surface area contributed by atoms with Crippen molar-refractivity contribution in [3.63, 3.8) is 0 Å². The van der Waals surface area contributed by atoms with Gasteiger partial charge < -0.3 is 10.4 Å². The van der Waals surface area contributed by atoms with Crippen LogP contribution in [-0.4, -0.2) is 29.3 Å². The minimum absolute atomic E-state index is 0.268. The van der Waals surface area contributed by atoms with E-state index < -0.39 is 12.0 Å². The van der Waals surface area contributed by atoms with Gasteiger partial charge in [0.2, 0.25) is 6.41 Å². The van der Waals surface area contributed by atoms with E-state index in [9.17, 15) is 14.4 Å². The molecule has 0 radical (unpaired) electrons. The number of hydrogen-bond acceptors (Lipinski definition) is 4. The standard InChI is InChI=1S/C9H7Br2NO4S/c10-7-1-4(8(11)17-7)6(14)2-5(9(15)16)12-3-13/h1,3,5H,2H2,(H,12,13)(H,15,16). The van der Waals surface area contributed by atoms with Gasteiger partial charge in [0.15, 0.2) is 5.78 Å². The Balaban J connectivity index is 2.80. The van der Waals surface area contributed by atoms with Crippen LogP contribution in [0.25, 0.3) is 0 Å². The average molecular weight is 385 g/mol. The molecule has 1 atom stereocenters. The predicted molar refractivity (Wildman–Crippen MR) is 69.3 cm³/mol. The molecule has 0 aliphatic carbocycles. The number of carbonyl (C=O) groups is 3. The zero-order valence-corrected chi connectivity index (χ0v) is 12.3. The van der Waals surface area contributed by atoms with Gasteiger partial charge in [-0.05, 0) is 37.9 Å². The first-order chi connectivity index (χ1) is 7.95. The third-order valence-corrected chi connectivity index (χ3v) is 4.25. The Labute approximate surface area is 117 Å². The van der Waals surface area contributed by atoms with Crippen LogP contribution >= 0.6 is 43.2 Å². The Hall–Kier alpha value is -0.730. The molecule has 0 aliphatic heterocycles. The fourth-order valence-electron chi connectivity index (χ4n) is 1.13. The molecule has 0 aromatic carbocycles. The van der Waals surface area contributed by atoms with Crippen LogP contribution in [0.1, 0.15) is 16.8 Å². The molecule has 8 heteroatoms. The van der Waals surface area contributed by atoms with Crippen molar-refractivity contribution in [1.29, 1.82) is 0 Å².